The molecule has 2 aliphatic heterocycles. The summed E-state index contributed by atoms with van der Waals surface area (Å²) in [6.45, 7) is 9.04. The second kappa shape index (κ2) is 5.81. The van der Waals surface area contributed by atoms with Crippen molar-refractivity contribution in [2.24, 2.45) is 0 Å². The van der Waals surface area contributed by atoms with Crippen LogP contribution in [0.25, 0.3) is 0 Å². The van der Waals surface area contributed by atoms with Gasteiger partial charge in [-0.15, -0.1) is 11.3 Å². The number of piperidine rings is 1. The zero-order valence-electron chi connectivity index (χ0n) is 11.9. The fourth-order valence-corrected chi connectivity index (χ4v) is 4.05. The average molecular weight is 280 g/mol. The smallest absolute Gasteiger partial charge is 0.174 e. The van der Waals surface area contributed by atoms with E-state index in [1.807, 2.05) is 11.3 Å². The van der Waals surface area contributed by atoms with Gasteiger partial charge in [0.1, 0.15) is 6.10 Å². The third-order valence-corrected chi connectivity index (χ3v) is 5.29. The Morgan fingerprint density at radius 1 is 1.37 bits per heavy atom. The van der Waals surface area contributed by atoms with Crippen LogP contribution in [0.4, 0.5) is 0 Å². The van der Waals surface area contributed by atoms with Crippen LogP contribution >= 0.6 is 11.3 Å². The lowest BCUT2D eigenvalue weighted by Crippen LogP contribution is -2.41. The van der Waals surface area contributed by atoms with Gasteiger partial charge < -0.3 is 15.0 Å². The van der Waals surface area contributed by atoms with Crippen LogP contribution in [0.15, 0.2) is 6.07 Å². The average Bonchev–Trinajstić information content (AvgIpc) is 2.81. The van der Waals surface area contributed by atoms with E-state index in [2.05, 4.69) is 30.1 Å². The molecular weight excluding hydrogens is 256 g/mol. The highest BCUT2D eigenvalue weighted by Gasteiger charge is 2.23. The maximum Gasteiger partial charge on any atom is 0.174 e. The molecule has 0 saturated carbocycles. The summed E-state index contributed by atoms with van der Waals surface area (Å²) in [4.78, 5) is 4.02. The number of ether oxygens (including phenoxy) is 1. The second-order valence-electron chi connectivity index (χ2n) is 5.89. The lowest BCUT2D eigenvalue weighted by Gasteiger charge is -2.34. The van der Waals surface area contributed by atoms with Crippen LogP contribution in [-0.2, 0) is 13.0 Å². The van der Waals surface area contributed by atoms with Gasteiger partial charge in [-0.2, -0.15) is 0 Å². The zero-order valence-corrected chi connectivity index (χ0v) is 12.8. The first-order valence-corrected chi connectivity index (χ1v) is 8.27. The Kier molecular flexibility index (Phi) is 4.10. The van der Waals surface area contributed by atoms with Crippen molar-refractivity contribution < 1.29 is 4.74 Å². The molecule has 0 amide bonds. The Bertz CT molecular complexity index is 398. The molecule has 3 heterocycles. The van der Waals surface area contributed by atoms with Crippen molar-refractivity contribution >= 4 is 11.3 Å². The first-order valence-electron chi connectivity index (χ1n) is 7.45. The van der Waals surface area contributed by atoms with Gasteiger partial charge in [-0.3, -0.25) is 0 Å². The number of thiophene rings is 1. The Morgan fingerprint density at radius 3 is 2.84 bits per heavy atom. The Hall–Kier alpha value is -0.580. The molecule has 0 radical (unpaired) electrons. The molecule has 1 aromatic heterocycles. The van der Waals surface area contributed by atoms with E-state index < -0.39 is 0 Å². The van der Waals surface area contributed by atoms with E-state index in [1.54, 1.807) is 0 Å². The van der Waals surface area contributed by atoms with Crippen LogP contribution < -0.4 is 10.1 Å². The predicted molar refractivity (Wildman–Crippen MR) is 80.1 cm³/mol. The molecule has 0 unspecified atom stereocenters. The number of hydrogen-bond donors (Lipinski definition) is 1. The van der Waals surface area contributed by atoms with Crippen molar-refractivity contribution in [3.05, 3.63) is 16.5 Å². The van der Waals surface area contributed by atoms with Gasteiger partial charge in [0.05, 0.1) is 0 Å². The summed E-state index contributed by atoms with van der Waals surface area (Å²) in [5, 5.41) is 4.56. The molecule has 0 aromatic carbocycles. The minimum Gasteiger partial charge on any atom is -0.481 e. The Balaban J connectivity index is 1.56. The topological polar surface area (TPSA) is 24.5 Å². The number of nitrogens with zero attached hydrogens (tertiary/aromatic N) is 1. The fraction of sp³-hybridized carbons (Fsp3) is 0.733. The lowest BCUT2D eigenvalue weighted by molar-refractivity contribution is 0.0868. The van der Waals surface area contributed by atoms with E-state index in [0.29, 0.717) is 12.1 Å². The Labute approximate surface area is 119 Å². The van der Waals surface area contributed by atoms with Gasteiger partial charge in [-0.25, -0.2) is 0 Å². The van der Waals surface area contributed by atoms with Crippen LogP contribution in [0.5, 0.6) is 5.06 Å². The maximum atomic E-state index is 6.20. The molecule has 2 aliphatic rings. The molecule has 1 fully saturated rings. The van der Waals surface area contributed by atoms with Gasteiger partial charge in [0.15, 0.2) is 5.06 Å². The molecule has 106 valence electrons. The van der Waals surface area contributed by atoms with Crippen LogP contribution in [0.2, 0.25) is 0 Å². The van der Waals surface area contributed by atoms with E-state index in [0.717, 1.165) is 24.6 Å². The number of hydrogen-bond acceptors (Lipinski definition) is 4. The molecular formula is C15H24N2OS. The van der Waals surface area contributed by atoms with Crippen molar-refractivity contribution in [2.75, 3.05) is 19.6 Å². The van der Waals surface area contributed by atoms with Gasteiger partial charge in [-0.05, 0) is 51.3 Å². The van der Waals surface area contributed by atoms with E-state index in [1.165, 1.54) is 36.4 Å². The molecule has 3 nitrogen and oxygen atoms in total. The number of fused-ring (bicyclic) bond motifs is 1. The molecule has 0 spiro atoms. The van der Waals surface area contributed by atoms with E-state index in [4.69, 9.17) is 4.74 Å². The second-order valence-corrected chi connectivity index (χ2v) is 6.99. The monoisotopic (exact) mass is 280 g/mol. The van der Waals surface area contributed by atoms with Crippen LogP contribution in [0.3, 0.4) is 0 Å². The highest BCUT2D eigenvalue weighted by molar-refractivity contribution is 7.14. The summed E-state index contributed by atoms with van der Waals surface area (Å²) in [7, 11) is 0. The van der Waals surface area contributed by atoms with Gasteiger partial charge >= 0.3 is 0 Å². The highest BCUT2D eigenvalue weighted by Crippen LogP contribution is 2.33. The predicted octanol–water partition coefficient (Wildman–Crippen LogP) is 2.65. The lowest BCUT2D eigenvalue weighted by atomic mass is 10.1. The molecule has 0 bridgehead atoms. The summed E-state index contributed by atoms with van der Waals surface area (Å²) in [5.41, 5.74) is 1.50. The van der Waals surface area contributed by atoms with Crippen LogP contribution in [0.1, 0.15) is 37.1 Å². The number of nitrogens with one attached hydrogen (secondary N) is 1. The fourth-order valence-electron chi connectivity index (χ4n) is 2.96. The molecule has 1 N–H and O–H groups in total. The highest BCUT2D eigenvalue weighted by atomic mass is 32.1. The SMILES string of the molecule is CC(C)N1CCC(Oc2cc3c(s2)CNCC3)CC1. The van der Waals surface area contributed by atoms with Crippen molar-refractivity contribution in [2.45, 2.75) is 51.8 Å². The molecule has 1 aromatic rings. The van der Waals surface area contributed by atoms with Crippen molar-refractivity contribution in [3.63, 3.8) is 0 Å². The number of rotatable bonds is 3. The van der Waals surface area contributed by atoms with E-state index in [9.17, 15) is 0 Å². The zero-order chi connectivity index (χ0) is 13.2. The standard InChI is InChI=1S/C15H24N2OS/c1-11(2)17-7-4-13(5-8-17)18-15-9-12-3-6-16-10-14(12)19-15/h9,11,13,16H,3-8,10H2,1-2H3. The largest absolute Gasteiger partial charge is 0.481 e. The van der Waals surface area contributed by atoms with Gasteiger partial charge in [0, 0.05) is 30.6 Å². The summed E-state index contributed by atoms with van der Waals surface area (Å²) in [5.74, 6) is 0. The minimum atomic E-state index is 0.420. The molecule has 1 saturated heterocycles. The molecule has 4 heteroatoms. The third-order valence-electron chi connectivity index (χ3n) is 4.22. The maximum absolute atomic E-state index is 6.20. The van der Waals surface area contributed by atoms with Crippen molar-refractivity contribution in [3.8, 4) is 5.06 Å². The molecule has 3 rings (SSSR count). The van der Waals surface area contributed by atoms with Crippen LogP contribution in [0, 0.1) is 0 Å². The normalized spacial score (nSPS) is 21.6. The summed E-state index contributed by atoms with van der Waals surface area (Å²) in [6.07, 6.45) is 3.90. The van der Waals surface area contributed by atoms with Crippen LogP contribution in [-0.4, -0.2) is 36.7 Å². The number of likely N-dealkylation sites (tertiary alicyclic amines) is 1. The Morgan fingerprint density at radius 2 is 2.16 bits per heavy atom. The summed E-state index contributed by atoms with van der Waals surface area (Å²) in [6, 6.07) is 2.94. The van der Waals surface area contributed by atoms with Gasteiger partial charge in [0.2, 0.25) is 0 Å². The van der Waals surface area contributed by atoms with Gasteiger partial charge in [0.25, 0.3) is 0 Å². The first kappa shape index (κ1) is 13.4. The summed E-state index contributed by atoms with van der Waals surface area (Å²) >= 11 is 1.84. The van der Waals surface area contributed by atoms with Crippen molar-refractivity contribution in [1.29, 1.82) is 0 Å². The van der Waals surface area contributed by atoms with E-state index >= 15 is 0 Å². The van der Waals surface area contributed by atoms with E-state index in [-0.39, 0.29) is 0 Å². The molecule has 19 heavy (non-hydrogen) atoms. The van der Waals surface area contributed by atoms with Gasteiger partial charge in [-0.1, -0.05) is 0 Å². The third kappa shape index (κ3) is 3.12. The quantitative estimate of drug-likeness (QED) is 0.921. The molecule has 0 atom stereocenters. The minimum absolute atomic E-state index is 0.420. The first-order chi connectivity index (χ1) is 9.22. The molecule has 0 aliphatic carbocycles. The van der Waals surface area contributed by atoms with Crippen molar-refractivity contribution in [1.82, 2.24) is 10.2 Å². The summed E-state index contributed by atoms with van der Waals surface area (Å²) < 4.78 is 6.20.